The van der Waals surface area contributed by atoms with E-state index in [1.165, 1.54) is 5.56 Å². The van der Waals surface area contributed by atoms with E-state index in [2.05, 4.69) is 0 Å². The van der Waals surface area contributed by atoms with E-state index >= 15 is 0 Å². The molecule has 6 heteroatoms. The summed E-state index contributed by atoms with van der Waals surface area (Å²) in [5.41, 5.74) is 4.16. The third-order valence-corrected chi connectivity index (χ3v) is 4.89. The number of aryl methyl sites for hydroxylation is 2. The highest BCUT2D eigenvalue weighted by molar-refractivity contribution is 5.77. The van der Waals surface area contributed by atoms with Crippen LogP contribution >= 0.6 is 0 Å². The molecule has 2 N–H and O–H groups in total. The van der Waals surface area contributed by atoms with Gasteiger partial charge in [0.05, 0.1) is 0 Å². The minimum Gasteiger partial charge on any atom is -0.478 e. The molecule has 0 spiro atoms. The fourth-order valence-corrected chi connectivity index (χ4v) is 3.52. The molecule has 1 aromatic carbocycles. The normalized spacial score (nSPS) is 15.6. The van der Waals surface area contributed by atoms with Crippen LogP contribution in [-0.4, -0.2) is 53.0 Å². The molecule has 1 aromatic rings. The van der Waals surface area contributed by atoms with Gasteiger partial charge in [0.25, 0.3) is 0 Å². The van der Waals surface area contributed by atoms with Gasteiger partial charge in [0, 0.05) is 26.1 Å². The number of aliphatic carboxylic acids is 1. The van der Waals surface area contributed by atoms with Gasteiger partial charge in [0.1, 0.15) is 0 Å². The van der Waals surface area contributed by atoms with Gasteiger partial charge in [-0.05, 0) is 68.2 Å². The number of benzene rings is 1. The second kappa shape index (κ2) is 9.57. The molecule has 1 heterocycles. The van der Waals surface area contributed by atoms with Crippen LogP contribution < -0.4 is 0 Å². The number of piperidine rings is 1. The monoisotopic (exact) mass is 363 g/mol. The fraction of sp³-hybridized carbons (Fsp3) is 0.600. The number of ether oxygens (including phenoxy) is 1. The summed E-state index contributed by atoms with van der Waals surface area (Å²) < 4.78 is 5.28. The lowest BCUT2D eigenvalue weighted by atomic mass is 9.94. The molecule has 2 rings (SSSR count). The summed E-state index contributed by atoms with van der Waals surface area (Å²) in [5.74, 6) is -1.13. The van der Waals surface area contributed by atoms with Crippen LogP contribution in [-0.2, 0) is 22.4 Å². The van der Waals surface area contributed by atoms with E-state index in [4.69, 9.17) is 9.84 Å². The van der Waals surface area contributed by atoms with Gasteiger partial charge < -0.3 is 19.8 Å². The highest BCUT2D eigenvalue weighted by atomic mass is 16.6. The van der Waals surface area contributed by atoms with Crippen LogP contribution in [0.15, 0.2) is 12.1 Å². The van der Waals surface area contributed by atoms with Crippen LogP contribution in [0.3, 0.4) is 0 Å². The second-order valence-electron chi connectivity index (χ2n) is 7.00. The summed E-state index contributed by atoms with van der Waals surface area (Å²) in [4.78, 5) is 25.4. The van der Waals surface area contributed by atoms with Gasteiger partial charge in [-0.3, -0.25) is 0 Å². The Labute approximate surface area is 154 Å². The molecule has 1 amide bonds. The van der Waals surface area contributed by atoms with Crippen molar-refractivity contribution in [1.29, 1.82) is 0 Å². The summed E-state index contributed by atoms with van der Waals surface area (Å²) in [6, 6.07) is 3.90. The topological polar surface area (TPSA) is 87.1 Å². The predicted octanol–water partition coefficient (Wildman–Crippen LogP) is 2.85. The largest absolute Gasteiger partial charge is 0.478 e. The molecule has 1 saturated heterocycles. The number of likely N-dealkylation sites (tertiary alicyclic amines) is 1. The predicted molar refractivity (Wildman–Crippen MR) is 98.4 cm³/mol. The van der Waals surface area contributed by atoms with Crippen molar-refractivity contribution in [3.63, 3.8) is 0 Å². The maximum atomic E-state index is 12.2. The highest BCUT2D eigenvalue weighted by Gasteiger charge is 2.27. The zero-order valence-electron chi connectivity index (χ0n) is 15.7. The maximum absolute atomic E-state index is 12.2. The van der Waals surface area contributed by atoms with Gasteiger partial charge in [-0.25, -0.2) is 9.59 Å². The Bertz CT molecular complexity index is 614. The Kier molecular flexibility index (Phi) is 7.45. The van der Waals surface area contributed by atoms with E-state index in [0.717, 1.165) is 42.4 Å². The molecule has 0 radical (unpaired) electrons. The number of carboxylic acids is 1. The summed E-state index contributed by atoms with van der Waals surface area (Å²) in [6.07, 6.45) is 2.87. The van der Waals surface area contributed by atoms with Crippen molar-refractivity contribution in [1.82, 2.24) is 4.90 Å². The Morgan fingerprint density at radius 1 is 1.15 bits per heavy atom. The van der Waals surface area contributed by atoms with Crippen LogP contribution in [0.4, 0.5) is 4.79 Å². The lowest BCUT2D eigenvalue weighted by Gasteiger charge is -2.27. The number of hydrogen-bond donors (Lipinski definition) is 2. The summed E-state index contributed by atoms with van der Waals surface area (Å²) >= 11 is 0. The maximum Gasteiger partial charge on any atom is 0.410 e. The summed E-state index contributed by atoms with van der Waals surface area (Å²) in [7, 11) is 0. The molecule has 0 aliphatic carbocycles. The molecule has 144 valence electrons. The number of rotatable bonds is 7. The second-order valence-corrected chi connectivity index (χ2v) is 7.00. The third kappa shape index (κ3) is 5.46. The fourth-order valence-electron chi connectivity index (χ4n) is 3.52. The lowest BCUT2D eigenvalue weighted by Crippen LogP contribution is -2.40. The van der Waals surface area contributed by atoms with E-state index in [1.54, 1.807) is 4.90 Å². The molecular weight excluding hydrogens is 334 g/mol. The Hall–Kier alpha value is -2.08. The average molecular weight is 363 g/mol. The van der Waals surface area contributed by atoms with E-state index in [-0.39, 0.29) is 13.0 Å². The van der Waals surface area contributed by atoms with Crippen LogP contribution in [0.5, 0.6) is 0 Å². The molecular formula is C20H29NO5. The van der Waals surface area contributed by atoms with Crippen LogP contribution in [0.25, 0.3) is 0 Å². The average Bonchev–Trinajstić information content (AvgIpc) is 2.61. The molecule has 0 unspecified atom stereocenters. The molecule has 0 bridgehead atoms. The van der Waals surface area contributed by atoms with Crippen molar-refractivity contribution in [2.24, 2.45) is 0 Å². The molecule has 0 saturated carbocycles. The van der Waals surface area contributed by atoms with Crippen molar-refractivity contribution in [2.75, 3.05) is 19.7 Å². The lowest BCUT2D eigenvalue weighted by molar-refractivity contribution is -0.147. The van der Waals surface area contributed by atoms with Gasteiger partial charge in [-0.15, -0.1) is 0 Å². The smallest absolute Gasteiger partial charge is 0.410 e. The number of aliphatic hydroxyl groups is 1. The minimum atomic E-state index is -1.19. The number of aliphatic hydroxyl groups excluding tert-OH is 1. The SMILES string of the molecule is Cc1cc(C[C@@H](OC(=O)N2CCCCC2)C(=O)O)cc(C)c1CCCO. The van der Waals surface area contributed by atoms with Crippen LogP contribution in [0.1, 0.15) is 47.9 Å². The Balaban J connectivity index is 2.07. The van der Waals surface area contributed by atoms with Crippen molar-refractivity contribution in [2.45, 2.75) is 58.5 Å². The first kappa shape index (κ1) is 20.2. The number of carboxylic acid groups (broad SMARTS) is 1. The molecule has 1 aliphatic rings. The standard InChI is InChI=1S/C20H29NO5/c1-14-11-16(12-15(2)17(14)7-6-10-22)13-18(19(23)24)26-20(25)21-8-4-3-5-9-21/h11-12,18,22H,3-10,13H2,1-2H3,(H,23,24)/t18-/m1/s1. The quantitative estimate of drug-likeness (QED) is 0.778. The Morgan fingerprint density at radius 3 is 2.31 bits per heavy atom. The van der Waals surface area contributed by atoms with Crippen LogP contribution in [0, 0.1) is 13.8 Å². The summed E-state index contributed by atoms with van der Waals surface area (Å²) in [6.45, 7) is 5.37. The van der Waals surface area contributed by atoms with E-state index < -0.39 is 18.2 Å². The first-order valence-electron chi connectivity index (χ1n) is 9.30. The van der Waals surface area contributed by atoms with Crippen molar-refractivity contribution >= 4 is 12.1 Å². The zero-order chi connectivity index (χ0) is 19.1. The molecule has 26 heavy (non-hydrogen) atoms. The molecule has 1 atom stereocenters. The Morgan fingerprint density at radius 2 is 1.77 bits per heavy atom. The molecule has 1 fully saturated rings. The van der Waals surface area contributed by atoms with Crippen molar-refractivity contribution < 1.29 is 24.5 Å². The molecule has 0 aromatic heterocycles. The van der Waals surface area contributed by atoms with E-state index in [0.29, 0.717) is 19.5 Å². The van der Waals surface area contributed by atoms with Gasteiger partial charge in [-0.1, -0.05) is 12.1 Å². The van der Waals surface area contributed by atoms with Gasteiger partial charge in [-0.2, -0.15) is 0 Å². The zero-order valence-corrected chi connectivity index (χ0v) is 15.7. The minimum absolute atomic E-state index is 0.147. The van der Waals surface area contributed by atoms with Crippen molar-refractivity contribution in [3.05, 3.63) is 34.4 Å². The summed E-state index contributed by atoms with van der Waals surface area (Å²) in [5, 5.41) is 18.5. The number of carbonyl (C=O) groups is 2. The number of hydrogen-bond acceptors (Lipinski definition) is 4. The van der Waals surface area contributed by atoms with Gasteiger partial charge >= 0.3 is 12.1 Å². The molecule has 1 aliphatic heterocycles. The van der Waals surface area contributed by atoms with Gasteiger partial charge in [0.15, 0.2) is 0 Å². The highest BCUT2D eigenvalue weighted by Crippen LogP contribution is 2.20. The molecule has 6 nitrogen and oxygen atoms in total. The van der Waals surface area contributed by atoms with E-state index in [9.17, 15) is 14.7 Å². The first-order valence-corrected chi connectivity index (χ1v) is 9.30. The van der Waals surface area contributed by atoms with Gasteiger partial charge in [0.2, 0.25) is 6.10 Å². The van der Waals surface area contributed by atoms with E-state index in [1.807, 2.05) is 26.0 Å². The first-order chi connectivity index (χ1) is 12.4. The van der Waals surface area contributed by atoms with Crippen LogP contribution in [0.2, 0.25) is 0 Å². The number of amides is 1. The third-order valence-electron chi connectivity index (χ3n) is 4.89. The number of nitrogens with zero attached hydrogens (tertiary/aromatic N) is 1. The van der Waals surface area contributed by atoms with Crippen molar-refractivity contribution in [3.8, 4) is 0 Å². The number of carbonyl (C=O) groups excluding carboxylic acids is 1.